The van der Waals surface area contributed by atoms with Crippen molar-refractivity contribution in [2.24, 2.45) is 0 Å². The number of para-hydroxylation sites is 1. The predicted molar refractivity (Wildman–Crippen MR) is 106 cm³/mol. The van der Waals surface area contributed by atoms with Crippen molar-refractivity contribution in [2.75, 3.05) is 32.9 Å². The molecular weight excluding hydrogens is 340 g/mol. The average molecular weight is 368 g/mol. The quantitative estimate of drug-likeness (QED) is 0.692. The molecule has 0 aromatic heterocycles. The third kappa shape index (κ3) is 6.70. The van der Waals surface area contributed by atoms with Gasteiger partial charge in [0.25, 0.3) is 0 Å². The minimum Gasteiger partial charge on any atom is -0.494 e. The Morgan fingerprint density at radius 2 is 1.70 bits per heavy atom. The lowest BCUT2D eigenvalue weighted by Gasteiger charge is -2.27. The number of nitrogens with one attached hydrogen (secondary N) is 1. The molecule has 1 amide bonds. The molecule has 3 rings (SSSR count). The molecule has 0 unspecified atom stereocenters. The van der Waals surface area contributed by atoms with Crippen molar-refractivity contribution < 1.29 is 14.3 Å². The second-order valence-corrected chi connectivity index (χ2v) is 6.70. The van der Waals surface area contributed by atoms with Crippen molar-refractivity contribution in [2.45, 2.75) is 25.9 Å². The molecule has 2 aromatic carbocycles. The summed E-state index contributed by atoms with van der Waals surface area (Å²) >= 11 is 0. The van der Waals surface area contributed by atoms with E-state index in [0.717, 1.165) is 38.6 Å². The van der Waals surface area contributed by atoms with Crippen LogP contribution in [0.15, 0.2) is 54.6 Å². The summed E-state index contributed by atoms with van der Waals surface area (Å²) < 4.78 is 11.0. The van der Waals surface area contributed by atoms with E-state index in [4.69, 9.17) is 9.47 Å². The summed E-state index contributed by atoms with van der Waals surface area (Å²) in [5.41, 5.74) is 2.45. The minimum atomic E-state index is 0.0628. The lowest BCUT2D eigenvalue weighted by molar-refractivity contribution is -0.121. The van der Waals surface area contributed by atoms with Crippen LogP contribution in [-0.2, 0) is 22.6 Å². The van der Waals surface area contributed by atoms with Gasteiger partial charge in [-0.05, 0) is 29.7 Å². The van der Waals surface area contributed by atoms with Gasteiger partial charge >= 0.3 is 0 Å². The Bertz CT molecular complexity index is 700. The smallest absolute Gasteiger partial charge is 0.220 e. The molecular formula is C22H28N2O3. The molecule has 0 spiro atoms. The Balaban J connectivity index is 1.39. The van der Waals surface area contributed by atoms with Gasteiger partial charge < -0.3 is 14.8 Å². The fourth-order valence-electron chi connectivity index (χ4n) is 3.11. The Morgan fingerprint density at radius 1 is 1.00 bits per heavy atom. The first-order valence-electron chi connectivity index (χ1n) is 9.63. The maximum atomic E-state index is 12.1. The van der Waals surface area contributed by atoms with Crippen molar-refractivity contribution >= 4 is 5.91 Å². The first kappa shape index (κ1) is 19.4. The van der Waals surface area contributed by atoms with Gasteiger partial charge in [0.1, 0.15) is 5.75 Å². The highest BCUT2D eigenvalue weighted by atomic mass is 16.5. The summed E-state index contributed by atoms with van der Waals surface area (Å²) in [4.78, 5) is 14.5. The zero-order chi connectivity index (χ0) is 18.7. The molecule has 1 saturated heterocycles. The van der Waals surface area contributed by atoms with Gasteiger partial charge in [0.05, 0.1) is 19.8 Å². The molecule has 144 valence electrons. The number of hydrogen-bond donors (Lipinski definition) is 1. The third-order valence-corrected chi connectivity index (χ3v) is 4.65. The largest absolute Gasteiger partial charge is 0.494 e. The van der Waals surface area contributed by atoms with Crippen LogP contribution in [0.3, 0.4) is 0 Å². The van der Waals surface area contributed by atoms with Crippen LogP contribution in [0.1, 0.15) is 24.0 Å². The van der Waals surface area contributed by atoms with Gasteiger partial charge in [0, 0.05) is 32.6 Å². The Hall–Kier alpha value is -2.37. The highest BCUT2D eigenvalue weighted by Crippen LogP contribution is 2.13. The van der Waals surface area contributed by atoms with E-state index in [0.29, 0.717) is 26.0 Å². The Morgan fingerprint density at radius 3 is 2.48 bits per heavy atom. The molecule has 1 fully saturated rings. The summed E-state index contributed by atoms with van der Waals surface area (Å²) in [5.74, 6) is 0.905. The van der Waals surface area contributed by atoms with Crippen LogP contribution >= 0.6 is 0 Å². The molecule has 1 aliphatic heterocycles. The fraction of sp³-hybridized carbons (Fsp3) is 0.409. The van der Waals surface area contributed by atoms with Gasteiger partial charge in [-0.3, -0.25) is 9.69 Å². The third-order valence-electron chi connectivity index (χ3n) is 4.65. The van der Waals surface area contributed by atoms with Gasteiger partial charge in [-0.25, -0.2) is 0 Å². The summed E-state index contributed by atoms with van der Waals surface area (Å²) in [6.07, 6.45) is 1.18. The topological polar surface area (TPSA) is 50.8 Å². The molecule has 0 aliphatic carbocycles. The van der Waals surface area contributed by atoms with Gasteiger partial charge in [-0.15, -0.1) is 0 Å². The number of ether oxygens (including phenoxy) is 2. The van der Waals surface area contributed by atoms with Gasteiger partial charge in [-0.1, -0.05) is 42.5 Å². The molecule has 5 heteroatoms. The van der Waals surface area contributed by atoms with Crippen LogP contribution in [0.25, 0.3) is 0 Å². The lowest BCUT2D eigenvalue weighted by Crippen LogP contribution is -2.36. The van der Waals surface area contributed by atoms with Crippen LogP contribution in [-0.4, -0.2) is 43.7 Å². The monoisotopic (exact) mass is 368 g/mol. The van der Waals surface area contributed by atoms with E-state index >= 15 is 0 Å². The van der Waals surface area contributed by atoms with E-state index < -0.39 is 0 Å². The van der Waals surface area contributed by atoms with E-state index in [1.165, 1.54) is 11.1 Å². The highest BCUT2D eigenvalue weighted by molar-refractivity contribution is 5.75. The summed E-state index contributed by atoms with van der Waals surface area (Å²) in [6, 6.07) is 18.0. The van der Waals surface area contributed by atoms with Gasteiger partial charge in [-0.2, -0.15) is 0 Å². The molecule has 1 heterocycles. The molecule has 1 N–H and O–H groups in total. The van der Waals surface area contributed by atoms with Crippen LogP contribution in [0.5, 0.6) is 5.75 Å². The van der Waals surface area contributed by atoms with Crippen molar-refractivity contribution in [1.29, 1.82) is 0 Å². The van der Waals surface area contributed by atoms with E-state index in [-0.39, 0.29) is 5.91 Å². The van der Waals surface area contributed by atoms with Crippen LogP contribution < -0.4 is 10.1 Å². The highest BCUT2D eigenvalue weighted by Gasteiger charge is 2.13. The zero-order valence-corrected chi connectivity index (χ0v) is 15.7. The number of rotatable bonds is 9. The number of amides is 1. The van der Waals surface area contributed by atoms with Crippen molar-refractivity contribution in [3.05, 3.63) is 65.7 Å². The van der Waals surface area contributed by atoms with Crippen molar-refractivity contribution in [3.8, 4) is 5.75 Å². The minimum absolute atomic E-state index is 0.0628. The lowest BCUT2D eigenvalue weighted by atomic mass is 10.1. The molecule has 0 atom stereocenters. The zero-order valence-electron chi connectivity index (χ0n) is 15.7. The predicted octanol–water partition coefficient (Wildman–Crippen LogP) is 2.99. The normalized spacial score (nSPS) is 14.7. The van der Waals surface area contributed by atoms with Crippen molar-refractivity contribution in [1.82, 2.24) is 10.2 Å². The number of carbonyl (C=O) groups excluding carboxylic acids is 1. The van der Waals surface area contributed by atoms with Crippen LogP contribution in [0.2, 0.25) is 0 Å². The fourth-order valence-corrected chi connectivity index (χ4v) is 3.11. The van der Waals surface area contributed by atoms with E-state index in [1.807, 2.05) is 36.4 Å². The molecule has 0 radical (unpaired) electrons. The second-order valence-electron chi connectivity index (χ2n) is 6.70. The Labute approximate surface area is 161 Å². The number of benzene rings is 2. The molecule has 2 aromatic rings. The van der Waals surface area contributed by atoms with Crippen LogP contribution in [0.4, 0.5) is 0 Å². The average Bonchev–Trinajstić information content (AvgIpc) is 2.72. The van der Waals surface area contributed by atoms with Crippen molar-refractivity contribution in [3.63, 3.8) is 0 Å². The van der Waals surface area contributed by atoms with E-state index in [9.17, 15) is 4.79 Å². The SMILES string of the molecule is O=C(CCCOc1ccccc1)NCc1ccccc1CN1CCOCC1. The number of nitrogens with zero attached hydrogens (tertiary/aromatic N) is 1. The van der Waals surface area contributed by atoms with E-state index in [2.05, 4.69) is 28.4 Å². The molecule has 0 bridgehead atoms. The summed E-state index contributed by atoms with van der Waals surface area (Å²) in [6.45, 7) is 5.53. The first-order chi connectivity index (χ1) is 13.3. The molecule has 0 saturated carbocycles. The summed E-state index contributed by atoms with van der Waals surface area (Å²) in [7, 11) is 0. The van der Waals surface area contributed by atoms with E-state index in [1.54, 1.807) is 0 Å². The number of hydrogen-bond acceptors (Lipinski definition) is 4. The first-order valence-corrected chi connectivity index (χ1v) is 9.63. The second kappa shape index (κ2) is 10.7. The standard InChI is InChI=1S/C22H28N2O3/c25-22(11-6-14-27-21-9-2-1-3-10-21)23-17-19-7-4-5-8-20(19)18-24-12-15-26-16-13-24/h1-5,7-10H,6,11-18H2,(H,23,25). The summed E-state index contributed by atoms with van der Waals surface area (Å²) in [5, 5.41) is 3.04. The Kier molecular flexibility index (Phi) is 7.69. The molecule has 1 aliphatic rings. The van der Waals surface area contributed by atoms with Gasteiger partial charge in [0.15, 0.2) is 0 Å². The molecule has 5 nitrogen and oxygen atoms in total. The van der Waals surface area contributed by atoms with Crippen LogP contribution in [0, 0.1) is 0 Å². The number of morpholine rings is 1. The number of carbonyl (C=O) groups is 1. The maximum absolute atomic E-state index is 12.1. The maximum Gasteiger partial charge on any atom is 0.220 e. The molecule has 27 heavy (non-hydrogen) atoms. The van der Waals surface area contributed by atoms with Gasteiger partial charge in [0.2, 0.25) is 5.91 Å².